The minimum absolute atomic E-state index is 0.0490. The summed E-state index contributed by atoms with van der Waals surface area (Å²) in [6.07, 6.45) is 0. The molecule has 156 valence electrons. The number of rotatable bonds is 3. The number of anilines is 1. The molecule has 1 fully saturated rings. The normalized spacial score (nSPS) is 17.9. The van der Waals surface area contributed by atoms with Crippen LogP contribution in [0.25, 0.3) is 5.76 Å². The van der Waals surface area contributed by atoms with Crippen molar-refractivity contribution in [2.24, 2.45) is 0 Å². The monoisotopic (exact) mass is 415 g/mol. The summed E-state index contributed by atoms with van der Waals surface area (Å²) in [7, 11) is 0. The van der Waals surface area contributed by atoms with Gasteiger partial charge in [0.25, 0.3) is 11.7 Å². The maximum atomic E-state index is 13.1. The van der Waals surface area contributed by atoms with Crippen molar-refractivity contribution in [3.8, 4) is 11.5 Å². The van der Waals surface area contributed by atoms with Gasteiger partial charge in [-0.05, 0) is 55.3 Å². The number of para-hydroxylation sites is 2. The molecule has 6 nitrogen and oxygen atoms in total. The molecule has 3 N–H and O–H groups in total. The molecule has 6 heteroatoms. The molecule has 3 aromatic carbocycles. The Hall–Kier alpha value is -4.06. The molecule has 1 unspecified atom stereocenters. The molecule has 0 radical (unpaired) electrons. The summed E-state index contributed by atoms with van der Waals surface area (Å²) in [6.45, 7) is 3.67. The molecule has 1 heterocycles. The minimum atomic E-state index is -1.03. The highest BCUT2D eigenvalue weighted by molar-refractivity contribution is 6.52. The molecule has 0 aromatic heterocycles. The molecular weight excluding hydrogens is 394 g/mol. The number of amides is 1. The number of carbonyl (C=O) groups is 2. The molecule has 0 saturated carbocycles. The molecule has 1 saturated heterocycles. The molecule has 3 aromatic rings. The summed E-state index contributed by atoms with van der Waals surface area (Å²) in [4.78, 5) is 27.4. The van der Waals surface area contributed by atoms with Crippen molar-refractivity contribution >= 4 is 23.1 Å². The third kappa shape index (κ3) is 3.42. The number of nitrogens with zero attached hydrogens (tertiary/aromatic N) is 1. The van der Waals surface area contributed by atoms with E-state index in [4.69, 9.17) is 0 Å². The number of phenolic OH excluding ortho intramolecular Hbond substituents is 2. The summed E-state index contributed by atoms with van der Waals surface area (Å²) in [5.74, 6) is -2.27. The summed E-state index contributed by atoms with van der Waals surface area (Å²) >= 11 is 0. The number of benzene rings is 3. The van der Waals surface area contributed by atoms with Crippen LogP contribution in [0.2, 0.25) is 0 Å². The Balaban J connectivity index is 2.02. The summed E-state index contributed by atoms with van der Waals surface area (Å²) in [6, 6.07) is 16.8. The predicted molar refractivity (Wildman–Crippen MR) is 117 cm³/mol. The second-order valence-corrected chi connectivity index (χ2v) is 7.57. The molecule has 0 spiro atoms. The highest BCUT2D eigenvalue weighted by Gasteiger charge is 2.47. The number of hydrogen-bond acceptors (Lipinski definition) is 5. The van der Waals surface area contributed by atoms with Gasteiger partial charge in [-0.3, -0.25) is 14.5 Å². The lowest BCUT2D eigenvalue weighted by molar-refractivity contribution is -0.132. The number of hydrogen-bond donors (Lipinski definition) is 3. The van der Waals surface area contributed by atoms with Gasteiger partial charge in [0.2, 0.25) is 0 Å². The zero-order valence-corrected chi connectivity index (χ0v) is 17.0. The van der Waals surface area contributed by atoms with Crippen LogP contribution >= 0.6 is 0 Å². The second kappa shape index (κ2) is 7.65. The van der Waals surface area contributed by atoms with E-state index in [-0.39, 0.29) is 28.5 Å². The Morgan fingerprint density at radius 3 is 2.35 bits per heavy atom. The lowest BCUT2D eigenvalue weighted by atomic mass is 9.93. The number of aromatic hydroxyl groups is 2. The number of aliphatic hydroxyl groups is 1. The SMILES string of the molecule is Cc1ccc(C)c(/C(O)=C2\C(=O)C(=O)N(c3ccccc3O)C2c2cccc(O)c2)c1. The zero-order valence-electron chi connectivity index (χ0n) is 17.0. The van der Waals surface area contributed by atoms with Gasteiger partial charge in [0.1, 0.15) is 17.3 Å². The van der Waals surface area contributed by atoms with E-state index < -0.39 is 17.7 Å². The van der Waals surface area contributed by atoms with Crippen LogP contribution in [0.5, 0.6) is 11.5 Å². The van der Waals surface area contributed by atoms with E-state index in [2.05, 4.69) is 0 Å². The summed E-state index contributed by atoms with van der Waals surface area (Å²) in [5.41, 5.74) is 2.53. The number of carbonyl (C=O) groups excluding carboxylic acids is 2. The van der Waals surface area contributed by atoms with Crippen molar-refractivity contribution in [1.29, 1.82) is 0 Å². The number of aliphatic hydroxyl groups excluding tert-OH is 1. The van der Waals surface area contributed by atoms with Gasteiger partial charge in [-0.2, -0.15) is 0 Å². The highest BCUT2D eigenvalue weighted by atomic mass is 16.3. The lowest BCUT2D eigenvalue weighted by Gasteiger charge is -2.26. The van der Waals surface area contributed by atoms with Gasteiger partial charge in [0, 0.05) is 5.56 Å². The summed E-state index contributed by atoms with van der Waals surface area (Å²) < 4.78 is 0. The zero-order chi connectivity index (χ0) is 22.3. The molecule has 1 atom stereocenters. The van der Waals surface area contributed by atoms with Crippen LogP contribution in [0, 0.1) is 13.8 Å². The van der Waals surface area contributed by atoms with Gasteiger partial charge in [-0.25, -0.2) is 0 Å². The molecule has 1 aliphatic rings. The van der Waals surface area contributed by atoms with Crippen molar-refractivity contribution in [3.63, 3.8) is 0 Å². The topological polar surface area (TPSA) is 98.1 Å². The van der Waals surface area contributed by atoms with Crippen molar-refractivity contribution in [2.45, 2.75) is 19.9 Å². The van der Waals surface area contributed by atoms with Crippen LogP contribution in [-0.2, 0) is 9.59 Å². The highest BCUT2D eigenvalue weighted by Crippen LogP contribution is 2.45. The average Bonchev–Trinajstić information content (AvgIpc) is 3.00. The Morgan fingerprint density at radius 1 is 0.903 bits per heavy atom. The Bertz CT molecular complexity index is 1240. The van der Waals surface area contributed by atoms with Crippen molar-refractivity contribution < 1.29 is 24.9 Å². The van der Waals surface area contributed by atoms with E-state index in [0.29, 0.717) is 11.1 Å². The van der Waals surface area contributed by atoms with Crippen molar-refractivity contribution in [3.05, 3.63) is 94.6 Å². The quantitative estimate of drug-likeness (QED) is 0.336. The van der Waals surface area contributed by atoms with Crippen molar-refractivity contribution in [1.82, 2.24) is 0 Å². The van der Waals surface area contributed by atoms with E-state index in [1.165, 1.54) is 24.3 Å². The smallest absolute Gasteiger partial charge is 0.300 e. The van der Waals surface area contributed by atoms with E-state index in [1.54, 1.807) is 37.3 Å². The third-order valence-corrected chi connectivity index (χ3v) is 5.42. The number of phenols is 2. The van der Waals surface area contributed by atoms with Crippen LogP contribution in [0.4, 0.5) is 5.69 Å². The minimum Gasteiger partial charge on any atom is -0.508 e. The van der Waals surface area contributed by atoms with E-state index in [9.17, 15) is 24.9 Å². The number of aryl methyl sites for hydroxylation is 2. The molecule has 0 bridgehead atoms. The number of ketones is 1. The third-order valence-electron chi connectivity index (χ3n) is 5.42. The van der Waals surface area contributed by atoms with Gasteiger partial charge in [-0.1, -0.05) is 42.0 Å². The summed E-state index contributed by atoms with van der Waals surface area (Å²) in [5, 5.41) is 31.6. The van der Waals surface area contributed by atoms with E-state index >= 15 is 0 Å². The van der Waals surface area contributed by atoms with Crippen LogP contribution < -0.4 is 4.90 Å². The Labute approximate surface area is 179 Å². The molecule has 4 rings (SSSR count). The van der Waals surface area contributed by atoms with Crippen LogP contribution in [0.15, 0.2) is 72.3 Å². The fourth-order valence-corrected chi connectivity index (χ4v) is 3.90. The Morgan fingerprint density at radius 2 is 1.65 bits per heavy atom. The van der Waals surface area contributed by atoms with E-state index in [1.807, 2.05) is 19.1 Å². The molecular formula is C25H21NO5. The fourth-order valence-electron chi connectivity index (χ4n) is 3.90. The average molecular weight is 415 g/mol. The van der Waals surface area contributed by atoms with Crippen LogP contribution in [-0.4, -0.2) is 27.0 Å². The largest absolute Gasteiger partial charge is 0.508 e. The first-order valence-corrected chi connectivity index (χ1v) is 9.75. The first-order chi connectivity index (χ1) is 14.8. The van der Waals surface area contributed by atoms with E-state index in [0.717, 1.165) is 16.0 Å². The van der Waals surface area contributed by atoms with Gasteiger partial charge < -0.3 is 15.3 Å². The van der Waals surface area contributed by atoms with Crippen LogP contribution in [0.1, 0.15) is 28.3 Å². The second-order valence-electron chi connectivity index (χ2n) is 7.57. The fraction of sp³-hybridized carbons (Fsp3) is 0.120. The van der Waals surface area contributed by atoms with Crippen LogP contribution in [0.3, 0.4) is 0 Å². The standard InChI is InChI=1S/C25H21NO5/c1-14-10-11-15(2)18(12-14)23(29)21-22(16-6-5-7-17(27)13-16)26(25(31)24(21)30)19-8-3-4-9-20(19)28/h3-13,22,27-29H,1-2H3/b23-21+. The van der Waals surface area contributed by atoms with Crippen molar-refractivity contribution in [2.75, 3.05) is 4.90 Å². The maximum absolute atomic E-state index is 13.1. The first kappa shape index (κ1) is 20.2. The molecule has 1 amide bonds. The van der Waals surface area contributed by atoms with Gasteiger partial charge in [-0.15, -0.1) is 0 Å². The van der Waals surface area contributed by atoms with Gasteiger partial charge in [0.05, 0.1) is 17.3 Å². The Kier molecular flexibility index (Phi) is 4.99. The molecule has 31 heavy (non-hydrogen) atoms. The molecule has 0 aliphatic carbocycles. The maximum Gasteiger partial charge on any atom is 0.300 e. The lowest BCUT2D eigenvalue weighted by Crippen LogP contribution is -2.29. The molecule has 1 aliphatic heterocycles. The van der Waals surface area contributed by atoms with Gasteiger partial charge in [0.15, 0.2) is 0 Å². The number of Topliss-reactive ketones (excluding diaryl/α,β-unsaturated/α-hetero) is 1. The van der Waals surface area contributed by atoms with Gasteiger partial charge >= 0.3 is 0 Å². The predicted octanol–water partition coefficient (Wildman–Crippen LogP) is 4.34. The first-order valence-electron chi connectivity index (χ1n) is 9.75.